The average Bonchev–Trinajstić information content (AvgIpc) is 2.39. The number of halogens is 1. The third kappa shape index (κ3) is 2.92. The highest BCUT2D eigenvalue weighted by Crippen LogP contribution is 2.34. The van der Waals surface area contributed by atoms with Crippen molar-refractivity contribution < 1.29 is 5.11 Å². The standard InChI is InChI=1S/C16H17ClO/c1-11-3-7-13(8-4-11)15(17)16(18)14-9-5-12(2)6-10-14/h3-10,15-16,18H,1-2H3/t15-,16-/m0/s1. The van der Waals surface area contributed by atoms with Crippen LogP contribution in [0.4, 0.5) is 0 Å². The van der Waals surface area contributed by atoms with E-state index in [1.165, 1.54) is 11.1 Å². The largest absolute Gasteiger partial charge is 0.387 e. The second-order valence-electron chi connectivity index (χ2n) is 4.67. The van der Waals surface area contributed by atoms with Gasteiger partial charge in [-0.1, -0.05) is 59.7 Å². The van der Waals surface area contributed by atoms with Gasteiger partial charge in [0, 0.05) is 0 Å². The van der Waals surface area contributed by atoms with E-state index in [-0.39, 0.29) is 0 Å². The Balaban J connectivity index is 2.20. The normalized spacial score (nSPS) is 14.2. The second-order valence-corrected chi connectivity index (χ2v) is 5.14. The fourth-order valence-corrected chi connectivity index (χ4v) is 2.16. The van der Waals surface area contributed by atoms with E-state index in [2.05, 4.69) is 0 Å². The molecule has 0 heterocycles. The molecule has 0 unspecified atom stereocenters. The lowest BCUT2D eigenvalue weighted by atomic mass is 9.99. The number of rotatable bonds is 3. The number of aryl methyl sites for hydroxylation is 2. The molecule has 2 aromatic rings. The van der Waals surface area contributed by atoms with Crippen molar-refractivity contribution in [2.45, 2.75) is 25.3 Å². The van der Waals surface area contributed by atoms with E-state index in [0.717, 1.165) is 11.1 Å². The van der Waals surface area contributed by atoms with E-state index < -0.39 is 11.5 Å². The molecule has 0 saturated heterocycles. The van der Waals surface area contributed by atoms with Gasteiger partial charge in [0.25, 0.3) is 0 Å². The molecule has 0 radical (unpaired) electrons. The number of hydrogen-bond donors (Lipinski definition) is 1. The van der Waals surface area contributed by atoms with Crippen LogP contribution in [0.25, 0.3) is 0 Å². The summed E-state index contributed by atoms with van der Waals surface area (Å²) >= 11 is 6.33. The summed E-state index contributed by atoms with van der Waals surface area (Å²) in [7, 11) is 0. The van der Waals surface area contributed by atoms with Gasteiger partial charge < -0.3 is 5.11 Å². The van der Waals surface area contributed by atoms with Crippen molar-refractivity contribution in [3.05, 3.63) is 70.8 Å². The first-order chi connectivity index (χ1) is 8.58. The summed E-state index contributed by atoms with van der Waals surface area (Å²) in [5.41, 5.74) is 4.15. The molecular weight excluding hydrogens is 244 g/mol. The molecule has 0 spiro atoms. The monoisotopic (exact) mass is 260 g/mol. The molecule has 0 aromatic heterocycles. The molecule has 2 aromatic carbocycles. The maximum Gasteiger partial charge on any atom is 0.0994 e. The summed E-state index contributed by atoms with van der Waals surface area (Å²) in [5, 5.41) is 9.85. The molecule has 2 atom stereocenters. The fourth-order valence-electron chi connectivity index (χ4n) is 1.87. The lowest BCUT2D eigenvalue weighted by molar-refractivity contribution is 0.172. The van der Waals surface area contributed by atoms with Gasteiger partial charge >= 0.3 is 0 Å². The van der Waals surface area contributed by atoms with Gasteiger partial charge in [-0.3, -0.25) is 0 Å². The van der Waals surface area contributed by atoms with Gasteiger partial charge in [-0.15, -0.1) is 11.6 Å². The van der Waals surface area contributed by atoms with Crippen LogP contribution in [0.2, 0.25) is 0 Å². The lowest BCUT2D eigenvalue weighted by Crippen LogP contribution is -2.05. The minimum atomic E-state index is -0.685. The zero-order valence-corrected chi connectivity index (χ0v) is 11.4. The van der Waals surface area contributed by atoms with Crippen LogP contribution < -0.4 is 0 Å². The molecule has 18 heavy (non-hydrogen) atoms. The molecule has 94 valence electrons. The lowest BCUT2D eigenvalue weighted by Gasteiger charge is -2.18. The van der Waals surface area contributed by atoms with E-state index >= 15 is 0 Å². The predicted octanol–water partition coefficient (Wildman–Crippen LogP) is 4.32. The van der Waals surface area contributed by atoms with Crippen molar-refractivity contribution in [1.82, 2.24) is 0 Å². The molecule has 1 nitrogen and oxygen atoms in total. The first-order valence-electron chi connectivity index (χ1n) is 6.03. The number of hydrogen-bond acceptors (Lipinski definition) is 1. The number of alkyl halides is 1. The molecule has 0 aliphatic rings. The van der Waals surface area contributed by atoms with Crippen molar-refractivity contribution in [2.75, 3.05) is 0 Å². The Morgan fingerprint density at radius 2 is 1.17 bits per heavy atom. The predicted molar refractivity (Wildman–Crippen MR) is 75.9 cm³/mol. The highest BCUT2D eigenvalue weighted by Gasteiger charge is 2.19. The van der Waals surface area contributed by atoms with Gasteiger partial charge in [0.2, 0.25) is 0 Å². The zero-order valence-electron chi connectivity index (χ0n) is 10.6. The molecule has 0 fully saturated rings. The number of aliphatic hydroxyl groups is 1. The summed E-state index contributed by atoms with van der Waals surface area (Å²) in [6.45, 7) is 4.05. The molecule has 1 N–H and O–H groups in total. The van der Waals surface area contributed by atoms with Gasteiger partial charge in [-0.05, 0) is 25.0 Å². The van der Waals surface area contributed by atoms with Crippen molar-refractivity contribution in [3.8, 4) is 0 Å². The van der Waals surface area contributed by atoms with Crippen LogP contribution in [0.5, 0.6) is 0 Å². The van der Waals surface area contributed by atoms with Crippen LogP contribution in [0.1, 0.15) is 33.7 Å². The van der Waals surface area contributed by atoms with Crippen LogP contribution >= 0.6 is 11.6 Å². The van der Waals surface area contributed by atoms with E-state index in [4.69, 9.17) is 11.6 Å². The Morgan fingerprint density at radius 3 is 1.61 bits per heavy atom. The third-order valence-electron chi connectivity index (χ3n) is 3.09. The molecule has 0 amide bonds. The third-order valence-corrected chi connectivity index (χ3v) is 3.58. The second kappa shape index (κ2) is 5.55. The van der Waals surface area contributed by atoms with Gasteiger partial charge in [0.1, 0.15) is 0 Å². The Hall–Kier alpha value is -1.31. The number of benzene rings is 2. The number of aliphatic hydroxyl groups excluding tert-OH is 1. The molecule has 2 rings (SSSR count). The molecule has 2 heteroatoms. The molecule has 0 saturated carbocycles. The van der Waals surface area contributed by atoms with Gasteiger partial charge in [0.15, 0.2) is 0 Å². The summed E-state index contributed by atoms with van der Waals surface area (Å²) in [6, 6.07) is 15.7. The topological polar surface area (TPSA) is 20.2 Å². The maximum absolute atomic E-state index is 10.3. The van der Waals surface area contributed by atoms with Crippen molar-refractivity contribution >= 4 is 11.6 Å². The minimum absolute atomic E-state index is 0.423. The Kier molecular flexibility index (Phi) is 4.05. The zero-order chi connectivity index (χ0) is 13.1. The highest BCUT2D eigenvalue weighted by molar-refractivity contribution is 6.21. The van der Waals surface area contributed by atoms with Crippen molar-refractivity contribution in [1.29, 1.82) is 0 Å². The SMILES string of the molecule is Cc1ccc([C@H](O)[C@@H](Cl)c2ccc(C)cc2)cc1. The van der Waals surface area contributed by atoms with E-state index in [0.29, 0.717) is 0 Å². The smallest absolute Gasteiger partial charge is 0.0994 e. The van der Waals surface area contributed by atoms with Crippen molar-refractivity contribution in [3.63, 3.8) is 0 Å². The van der Waals surface area contributed by atoms with Crippen LogP contribution in [0.3, 0.4) is 0 Å². The first kappa shape index (κ1) is 13.1. The Bertz CT molecular complexity index is 452. The fraction of sp³-hybridized carbons (Fsp3) is 0.250. The highest BCUT2D eigenvalue weighted by atomic mass is 35.5. The van der Waals surface area contributed by atoms with E-state index in [1.54, 1.807) is 0 Å². The van der Waals surface area contributed by atoms with Crippen LogP contribution in [0.15, 0.2) is 48.5 Å². The van der Waals surface area contributed by atoms with Crippen molar-refractivity contribution in [2.24, 2.45) is 0 Å². The summed E-state index contributed by atoms with van der Waals surface area (Å²) in [5.74, 6) is 0. The Labute approximate surface area is 113 Å². The molecular formula is C16H17ClO. The summed E-state index contributed by atoms with van der Waals surface area (Å²) in [4.78, 5) is 0. The average molecular weight is 261 g/mol. The summed E-state index contributed by atoms with van der Waals surface area (Å²) in [6.07, 6.45) is -0.685. The van der Waals surface area contributed by atoms with Crippen LogP contribution in [0, 0.1) is 13.8 Å². The minimum Gasteiger partial charge on any atom is -0.387 e. The van der Waals surface area contributed by atoms with Gasteiger partial charge in [-0.25, -0.2) is 0 Å². The van der Waals surface area contributed by atoms with Crippen LogP contribution in [-0.2, 0) is 0 Å². The Morgan fingerprint density at radius 1 is 0.778 bits per heavy atom. The van der Waals surface area contributed by atoms with E-state index in [9.17, 15) is 5.11 Å². The maximum atomic E-state index is 10.3. The summed E-state index contributed by atoms with van der Waals surface area (Å²) < 4.78 is 0. The van der Waals surface area contributed by atoms with Gasteiger partial charge in [-0.2, -0.15) is 0 Å². The quantitative estimate of drug-likeness (QED) is 0.815. The first-order valence-corrected chi connectivity index (χ1v) is 6.47. The molecule has 0 aliphatic heterocycles. The van der Waals surface area contributed by atoms with Crippen LogP contribution in [-0.4, -0.2) is 5.11 Å². The molecule has 0 aliphatic carbocycles. The van der Waals surface area contributed by atoms with Gasteiger partial charge in [0.05, 0.1) is 11.5 Å². The van der Waals surface area contributed by atoms with E-state index in [1.807, 2.05) is 62.4 Å². The molecule has 0 bridgehead atoms.